The number of amides is 2. The summed E-state index contributed by atoms with van der Waals surface area (Å²) < 4.78 is 4.83. The Kier molecular flexibility index (Phi) is 4.27. The van der Waals surface area contributed by atoms with Crippen molar-refractivity contribution in [1.82, 2.24) is 9.80 Å². The van der Waals surface area contributed by atoms with E-state index >= 15 is 0 Å². The van der Waals surface area contributed by atoms with Crippen molar-refractivity contribution in [3.05, 3.63) is 35.9 Å². The second kappa shape index (κ2) is 5.94. The number of ether oxygens (including phenoxy) is 1. The predicted molar refractivity (Wildman–Crippen MR) is 75.1 cm³/mol. The largest absolute Gasteiger partial charge is 0.467 e. The summed E-state index contributed by atoms with van der Waals surface area (Å²) in [6.45, 7) is 0. The van der Waals surface area contributed by atoms with E-state index in [0.29, 0.717) is 6.42 Å². The van der Waals surface area contributed by atoms with Gasteiger partial charge in [0.25, 0.3) is 0 Å². The van der Waals surface area contributed by atoms with E-state index in [9.17, 15) is 9.59 Å². The summed E-state index contributed by atoms with van der Waals surface area (Å²) in [7, 11) is 4.74. The van der Waals surface area contributed by atoms with E-state index in [-0.39, 0.29) is 18.0 Å². The zero-order valence-electron chi connectivity index (χ0n) is 12.1. The molecule has 0 bridgehead atoms. The van der Waals surface area contributed by atoms with Crippen molar-refractivity contribution < 1.29 is 14.3 Å². The number of carbonyl (C=O) groups is 2. The van der Waals surface area contributed by atoms with Crippen molar-refractivity contribution in [2.45, 2.75) is 24.9 Å². The highest BCUT2D eigenvalue weighted by Gasteiger charge is 2.42. The maximum atomic E-state index is 12.4. The number of methoxy groups -OCH3 is 1. The monoisotopic (exact) mass is 276 g/mol. The van der Waals surface area contributed by atoms with Gasteiger partial charge in [-0.3, -0.25) is 0 Å². The van der Waals surface area contributed by atoms with Crippen molar-refractivity contribution >= 4 is 12.0 Å². The molecule has 1 saturated heterocycles. The Balaban J connectivity index is 2.33. The minimum Gasteiger partial charge on any atom is -0.467 e. The smallest absolute Gasteiger partial charge is 0.328 e. The molecule has 0 aromatic heterocycles. The number of urea groups is 1. The van der Waals surface area contributed by atoms with Gasteiger partial charge in [0.15, 0.2) is 0 Å². The average Bonchev–Trinajstić information content (AvgIpc) is 2.91. The Morgan fingerprint density at radius 3 is 2.40 bits per heavy atom. The average molecular weight is 276 g/mol. The molecule has 0 N–H and O–H groups in total. The number of esters is 1. The molecule has 2 atom stereocenters. The molecule has 0 spiro atoms. The van der Waals surface area contributed by atoms with Crippen molar-refractivity contribution in [1.29, 1.82) is 0 Å². The fraction of sp³-hybridized carbons (Fsp3) is 0.467. The van der Waals surface area contributed by atoms with Gasteiger partial charge in [0.2, 0.25) is 0 Å². The lowest BCUT2D eigenvalue weighted by Crippen LogP contribution is -2.46. The third-order valence-electron chi connectivity index (χ3n) is 3.65. The molecule has 1 aliphatic heterocycles. The maximum absolute atomic E-state index is 12.4. The van der Waals surface area contributed by atoms with Crippen molar-refractivity contribution in [2.75, 3.05) is 21.2 Å². The number of hydrogen-bond donors (Lipinski definition) is 0. The molecule has 1 heterocycles. The molecule has 20 heavy (non-hydrogen) atoms. The summed E-state index contributed by atoms with van der Waals surface area (Å²) in [6, 6.07) is 9.06. The number of nitrogens with zero attached hydrogens (tertiary/aromatic N) is 2. The van der Waals surface area contributed by atoms with Crippen LogP contribution in [0.25, 0.3) is 0 Å². The number of hydrogen-bond acceptors (Lipinski definition) is 3. The van der Waals surface area contributed by atoms with E-state index in [1.54, 1.807) is 19.0 Å². The van der Waals surface area contributed by atoms with Crippen molar-refractivity contribution in [3.63, 3.8) is 0 Å². The molecule has 1 aromatic rings. The molecule has 1 aromatic carbocycles. The lowest BCUT2D eigenvalue weighted by molar-refractivity contribution is -0.145. The van der Waals surface area contributed by atoms with Crippen LogP contribution in [0.3, 0.4) is 0 Å². The zero-order chi connectivity index (χ0) is 14.7. The minimum absolute atomic E-state index is 0.0739. The third-order valence-corrected chi connectivity index (χ3v) is 3.65. The first-order valence-electron chi connectivity index (χ1n) is 6.68. The van der Waals surface area contributed by atoms with Gasteiger partial charge in [-0.25, -0.2) is 9.59 Å². The molecule has 1 aliphatic rings. The minimum atomic E-state index is -0.500. The van der Waals surface area contributed by atoms with Crippen LogP contribution in [0.4, 0.5) is 4.79 Å². The van der Waals surface area contributed by atoms with Crippen LogP contribution in [0, 0.1) is 0 Å². The first kappa shape index (κ1) is 14.4. The van der Waals surface area contributed by atoms with Crippen LogP contribution in [0.2, 0.25) is 0 Å². The van der Waals surface area contributed by atoms with Gasteiger partial charge in [0, 0.05) is 14.1 Å². The molecule has 0 saturated carbocycles. The Hall–Kier alpha value is -2.04. The molecular formula is C15H20N2O3. The topological polar surface area (TPSA) is 49.9 Å². The van der Waals surface area contributed by atoms with E-state index < -0.39 is 6.04 Å². The molecule has 1 fully saturated rings. The Labute approximate surface area is 119 Å². The lowest BCUT2D eigenvalue weighted by Gasteiger charge is -2.31. The fourth-order valence-electron chi connectivity index (χ4n) is 2.68. The van der Waals surface area contributed by atoms with E-state index in [1.807, 2.05) is 30.3 Å². The second-order valence-corrected chi connectivity index (χ2v) is 5.13. The van der Waals surface area contributed by atoms with Gasteiger partial charge in [0.1, 0.15) is 6.04 Å². The quantitative estimate of drug-likeness (QED) is 0.777. The summed E-state index contributed by atoms with van der Waals surface area (Å²) >= 11 is 0. The number of carbonyl (C=O) groups excluding carboxylic acids is 2. The normalized spacial score (nSPS) is 21.6. The summed E-state index contributed by atoms with van der Waals surface area (Å²) in [5.74, 6) is -0.348. The third kappa shape index (κ3) is 2.61. The molecule has 0 unspecified atom stereocenters. The lowest BCUT2D eigenvalue weighted by atomic mass is 10.1. The predicted octanol–water partition coefficient (Wildman–Crippen LogP) is 2.05. The first-order valence-corrected chi connectivity index (χ1v) is 6.68. The highest BCUT2D eigenvalue weighted by molar-refractivity contribution is 5.84. The second-order valence-electron chi connectivity index (χ2n) is 5.13. The number of benzene rings is 1. The van der Waals surface area contributed by atoms with Crippen LogP contribution in [0.15, 0.2) is 30.3 Å². The van der Waals surface area contributed by atoms with E-state index in [2.05, 4.69) is 0 Å². The van der Waals surface area contributed by atoms with Gasteiger partial charge in [0.05, 0.1) is 13.2 Å². The maximum Gasteiger partial charge on any atom is 0.328 e. The molecule has 0 aliphatic carbocycles. The zero-order valence-corrected chi connectivity index (χ0v) is 12.1. The summed E-state index contributed by atoms with van der Waals surface area (Å²) in [6.07, 6.45) is 1.40. The van der Waals surface area contributed by atoms with Gasteiger partial charge in [-0.15, -0.1) is 0 Å². The molecule has 2 rings (SSSR count). The SMILES string of the molecule is COC(=O)[C@@H]1CC[C@H](c2ccccc2)N1C(=O)N(C)C. The van der Waals surface area contributed by atoms with Crippen LogP contribution >= 0.6 is 0 Å². The highest BCUT2D eigenvalue weighted by Crippen LogP contribution is 2.37. The number of rotatable bonds is 2. The molecule has 2 amide bonds. The van der Waals surface area contributed by atoms with Crippen LogP contribution in [0.1, 0.15) is 24.4 Å². The molecule has 5 heteroatoms. The molecule has 108 valence electrons. The Bertz CT molecular complexity index is 487. The summed E-state index contributed by atoms with van der Waals surface area (Å²) in [4.78, 5) is 27.4. The molecule has 0 radical (unpaired) electrons. The van der Waals surface area contributed by atoms with Crippen LogP contribution in [-0.2, 0) is 9.53 Å². The summed E-state index contributed by atoms with van der Waals surface area (Å²) in [5, 5.41) is 0. The Morgan fingerprint density at radius 1 is 1.20 bits per heavy atom. The van der Waals surface area contributed by atoms with Crippen molar-refractivity contribution in [2.24, 2.45) is 0 Å². The van der Waals surface area contributed by atoms with Gasteiger partial charge in [-0.2, -0.15) is 0 Å². The van der Waals surface area contributed by atoms with E-state index in [0.717, 1.165) is 12.0 Å². The van der Waals surface area contributed by atoms with Crippen molar-refractivity contribution in [3.8, 4) is 0 Å². The van der Waals surface area contributed by atoms with Crippen LogP contribution < -0.4 is 0 Å². The van der Waals surface area contributed by atoms with Crippen LogP contribution in [0.5, 0.6) is 0 Å². The Morgan fingerprint density at radius 2 is 1.85 bits per heavy atom. The van der Waals surface area contributed by atoms with Gasteiger partial charge < -0.3 is 14.5 Å². The standard InChI is InChI=1S/C15H20N2O3/c1-16(2)15(19)17-12(11-7-5-4-6-8-11)9-10-13(17)14(18)20-3/h4-8,12-13H,9-10H2,1-3H3/t12-,13+/m1/s1. The van der Waals surface area contributed by atoms with Crippen LogP contribution in [-0.4, -0.2) is 49.0 Å². The molecular weight excluding hydrogens is 256 g/mol. The first-order chi connectivity index (χ1) is 9.56. The van der Waals surface area contributed by atoms with Gasteiger partial charge in [-0.05, 0) is 18.4 Å². The molecule has 5 nitrogen and oxygen atoms in total. The van der Waals surface area contributed by atoms with E-state index in [1.165, 1.54) is 12.0 Å². The highest BCUT2D eigenvalue weighted by atomic mass is 16.5. The van der Waals surface area contributed by atoms with E-state index in [4.69, 9.17) is 4.74 Å². The van der Waals surface area contributed by atoms with Gasteiger partial charge >= 0.3 is 12.0 Å². The summed E-state index contributed by atoms with van der Waals surface area (Å²) in [5.41, 5.74) is 1.05. The van der Waals surface area contributed by atoms with Gasteiger partial charge in [-0.1, -0.05) is 30.3 Å². The fourth-order valence-corrected chi connectivity index (χ4v) is 2.68. The number of likely N-dealkylation sites (tertiary alicyclic amines) is 1.